The van der Waals surface area contributed by atoms with Gasteiger partial charge in [-0.15, -0.1) is 0 Å². The molecular formula is C24H19ClN2O7. The quantitative estimate of drug-likeness (QED) is 0.422. The van der Waals surface area contributed by atoms with Crippen molar-refractivity contribution in [1.82, 2.24) is 4.98 Å². The molecule has 0 saturated heterocycles. The molecule has 1 aromatic heterocycles. The first-order chi connectivity index (χ1) is 16.1. The fourth-order valence-electron chi connectivity index (χ4n) is 5.77. The van der Waals surface area contributed by atoms with Crippen molar-refractivity contribution in [3.05, 3.63) is 46.7 Å². The van der Waals surface area contributed by atoms with E-state index < -0.39 is 58.3 Å². The maximum atomic E-state index is 13.5. The highest BCUT2D eigenvalue weighted by atomic mass is 35.5. The van der Waals surface area contributed by atoms with Gasteiger partial charge in [-0.2, -0.15) is 0 Å². The van der Waals surface area contributed by atoms with Gasteiger partial charge in [-0.05, 0) is 48.1 Å². The van der Waals surface area contributed by atoms with Crippen molar-refractivity contribution in [3.8, 4) is 16.9 Å². The number of phenols is 1. The standard InChI is InChI=1S/C24H19ClN2O7/c25-16-4-1-9(8-27-16)12-2-3-14(28)18-13(12)6-10-5-11-7-15(29)19(23(26)33)22(32)24(11,34)21(31)17(10)20(18)30/h1-4,8,10-11,17,19,28,34H,5-7H2,(H2,26,33)/t10-,11+,17?,19?,24+/m1/s1. The molecule has 10 heteroatoms. The van der Waals surface area contributed by atoms with E-state index in [-0.39, 0.29) is 35.7 Å². The van der Waals surface area contributed by atoms with Crippen molar-refractivity contribution in [2.24, 2.45) is 29.4 Å². The normalized spacial score (nSPS) is 30.4. The van der Waals surface area contributed by atoms with Gasteiger partial charge in [0.2, 0.25) is 5.91 Å². The van der Waals surface area contributed by atoms with Gasteiger partial charge in [0, 0.05) is 24.1 Å². The lowest BCUT2D eigenvalue weighted by atomic mass is 9.53. The number of benzene rings is 1. The second-order valence-corrected chi connectivity index (χ2v) is 9.48. The molecule has 34 heavy (non-hydrogen) atoms. The van der Waals surface area contributed by atoms with E-state index in [1.165, 1.54) is 12.3 Å². The van der Waals surface area contributed by atoms with Gasteiger partial charge in [-0.3, -0.25) is 24.0 Å². The fourth-order valence-corrected chi connectivity index (χ4v) is 5.88. The second-order valence-electron chi connectivity index (χ2n) is 9.09. The van der Waals surface area contributed by atoms with Crippen LogP contribution in [0.3, 0.4) is 0 Å². The molecule has 3 aliphatic carbocycles. The number of hydrogen-bond acceptors (Lipinski definition) is 8. The molecule has 0 spiro atoms. The van der Waals surface area contributed by atoms with E-state index in [1.54, 1.807) is 18.2 Å². The Bertz CT molecular complexity index is 1310. The fraction of sp³-hybridized carbons (Fsp3) is 0.333. The first kappa shape index (κ1) is 22.4. The van der Waals surface area contributed by atoms with E-state index in [2.05, 4.69) is 4.98 Å². The minimum Gasteiger partial charge on any atom is -0.507 e. The van der Waals surface area contributed by atoms with Gasteiger partial charge in [0.25, 0.3) is 0 Å². The van der Waals surface area contributed by atoms with Crippen LogP contribution in [0.25, 0.3) is 11.1 Å². The zero-order valence-electron chi connectivity index (χ0n) is 17.7. The van der Waals surface area contributed by atoms with Crippen LogP contribution in [0.4, 0.5) is 0 Å². The Morgan fingerprint density at radius 2 is 1.82 bits per heavy atom. The van der Waals surface area contributed by atoms with Crippen LogP contribution in [0.1, 0.15) is 28.8 Å². The number of amides is 1. The smallest absolute Gasteiger partial charge is 0.235 e. The summed E-state index contributed by atoms with van der Waals surface area (Å²) < 4.78 is 0. The van der Waals surface area contributed by atoms with Crippen molar-refractivity contribution in [1.29, 1.82) is 0 Å². The number of hydrogen-bond donors (Lipinski definition) is 3. The number of carbonyl (C=O) groups excluding carboxylic acids is 5. The second kappa shape index (κ2) is 7.54. The Kier molecular flexibility index (Phi) is 4.96. The number of aromatic hydroxyl groups is 1. The number of primary amides is 1. The predicted molar refractivity (Wildman–Crippen MR) is 117 cm³/mol. The minimum atomic E-state index is -2.66. The Labute approximate surface area is 197 Å². The van der Waals surface area contributed by atoms with E-state index in [0.29, 0.717) is 16.7 Å². The van der Waals surface area contributed by atoms with E-state index in [1.807, 2.05) is 0 Å². The SMILES string of the molecule is NC(=O)C1C(=O)C[C@@H]2C[C@@H]3Cc4c(-c5ccc(Cl)nc5)ccc(O)c4C(=O)C3C(=O)[C@]2(O)C1=O. The van der Waals surface area contributed by atoms with Crippen molar-refractivity contribution in [3.63, 3.8) is 0 Å². The molecule has 2 fully saturated rings. The molecule has 0 aliphatic heterocycles. The lowest BCUT2D eigenvalue weighted by Crippen LogP contribution is -2.68. The largest absolute Gasteiger partial charge is 0.507 e. The maximum absolute atomic E-state index is 13.5. The van der Waals surface area contributed by atoms with Gasteiger partial charge in [-0.1, -0.05) is 17.7 Å². The molecule has 0 radical (unpaired) electrons. The average molecular weight is 483 g/mol. The molecule has 0 bridgehead atoms. The summed E-state index contributed by atoms with van der Waals surface area (Å²) in [5.74, 6) is -10.3. The van der Waals surface area contributed by atoms with Crippen molar-refractivity contribution in [2.45, 2.75) is 24.9 Å². The summed E-state index contributed by atoms with van der Waals surface area (Å²) in [5.41, 5.74) is 4.25. The number of pyridine rings is 1. The molecule has 4 N–H and O–H groups in total. The number of ketones is 4. The molecule has 174 valence electrons. The molecule has 2 aromatic rings. The Morgan fingerprint density at radius 1 is 1.09 bits per heavy atom. The average Bonchev–Trinajstić information content (AvgIpc) is 2.77. The number of nitrogens with zero attached hydrogens (tertiary/aromatic N) is 1. The summed E-state index contributed by atoms with van der Waals surface area (Å²) in [4.78, 5) is 68.1. The zero-order chi connectivity index (χ0) is 24.5. The number of nitrogens with two attached hydrogens (primary N) is 1. The summed E-state index contributed by atoms with van der Waals surface area (Å²) in [7, 11) is 0. The molecule has 1 aromatic carbocycles. The van der Waals surface area contributed by atoms with Crippen LogP contribution in [0.2, 0.25) is 5.15 Å². The first-order valence-corrected chi connectivity index (χ1v) is 11.1. The topological polar surface area (TPSA) is 165 Å². The molecule has 2 unspecified atom stereocenters. The number of halogens is 1. The van der Waals surface area contributed by atoms with E-state index in [4.69, 9.17) is 17.3 Å². The van der Waals surface area contributed by atoms with Crippen molar-refractivity contribution in [2.75, 3.05) is 0 Å². The van der Waals surface area contributed by atoms with Crippen LogP contribution in [-0.4, -0.2) is 49.8 Å². The summed E-state index contributed by atoms with van der Waals surface area (Å²) >= 11 is 5.88. The highest BCUT2D eigenvalue weighted by molar-refractivity contribution is 6.31. The van der Waals surface area contributed by atoms with Crippen LogP contribution >= 0.6 is 11.6 Å². The minimum absolute atomic E-state index is 0.0367. The number of Topliss-reactive ketones (excluding diaryl/α,β-unsaturated/α-hetero) is 4. The number of carbonyl (C=O) groups is 5. The van der Waals surface area contributed by atoms with Crippen LogP contribution in [0.5, 0.6) is 5.75 Å². The lowest BCUT2D eigenvalue weighted by Gasteiger charge is -2.48. The molecule has 1 heterocycles. The van der Waals surface area contributed by atoms with E-state index in [9.17, 15) is 34.2 Å². The third-order valence-corrected chi connectivity index (χ3v) is 7.55. The van der Waals surface area contributed by atoms with Crippen molar-refractivity contribution >= 4 is 40.6 Å². The molecule has 1 amide bonds. The number of aromatic nitrogens is 1. The molecule has 5 rings (SSSR count). The van der Waals surface area contributed by atoms with E-state index in [0.717, 1.165) is 0 Å². The van der Waals surface area contributed by atoms with Gasteiger partial charge in [0.15, 0.2) is 34.7 Å². The molecule has 2 saturated carbocycles. The van der Waals surface area contributed by atoms with Gasteiger partial charge in [0.1, 0.15) is 10.9 Å². The van der Waals surface area contributed by atoms with Crippen LogP contribution in [0, 0.1) is 23.7 Å². The van der Waals surface area contributed by atoms with Crippen LogP contribution < -0.4 is 5.73 Å². The molecule has 9 nitrogen and oxygen atoms in total. The summed E-state index contributed by atoms with van der Waals surface area (Å²) in [5, 5.41) is 22.0. The predicted octanol–water partition coefficient (Wildman–Crippen LogP) is 1.04. The number of phenolic OH excluding ortho intramolecular Hbond substituents is 1. The molecule has 3 aliphatic rings. The summed E-state index contributed by atoms with van der Waals surface area (Å²) in [6.07, 6.45) is 1.38. The Balaban J connectivity index is 1.61. The molecule has 5 atom stereocenters. The summed E-state index contributed by atoms with van der Waals surface area (Å²) in [6, 6.07) is 6.27. The Hall–Kier alpha value is -3.43. The first-order valence-electron chi connectivity index (χ1n) is 10.7. The number of fused-ring (bicyclic) bond motifs is 3. The van der Waals surface area contributed by atoms with E-state index >= 15 is 0 Å². The monoisotopic (exact) mass is 482 g/mol. The van der Waals surface area contributed by atoms with Gasteiger partial charge < -0.3 is 15.9 Å². The Morgan fingerprint density at radius 3 is 2.47 bits per heavy atom. The van der Waals surface area contributed by atoms with Gasteiger partial charge in [0.05, 0.1) is 11.5 Å². The highest BCUT2D eigenvalue weighted by Crippen LogP contribution is 2.51. The van der Waals surface area contributed by atoms with Crippen molar-refractivity contribution < 1.29 is 34.2 Å². The number of rotatable bonds is 2. The highest BCUT2D eigenvalue weighted by Gasteiger charge is 2.66. The third-order valence-electron chi connectivity index (χ3n) is 7.32. The van der Waals surface area contributed by atoms with Gasteiger partial charge in [-0.25, -0.2) is 4.98 Å². The zero-order valence-corrected chi connectivity index (χ0v) is 18.4. The van der Waals surface area contributed by atoms with Crippen LogP contribution in [0.15, 0.2) is 30.5 Å². The third kappa shape index (κ3) is 2.97. The number of aliphatic hydroxyl groups is 1. The lowest BCUT2D eigenvalue weighted by molar-refractivity contribution is -0.175. The van der Waals surface area contributed by atoms with Crippen LogP contribution in [-0.2, 0) is 25.6 Å². The molecular weight excluding hydrogens is 464 g/mol. The van der Waals surface area contributed by atoms with Gasteiger partial charge >= 0.3 is 0 Å². The maximum Gasteiger partial charge on any atom is 0.235 e. The summed E-state index contributed by atoms with van der Waals surface area (Å²) in [6.45, 7) is 0.